The smallest absolute Gasteiger partial charge is 0.545 e. The van der Waals surface area contributed by atoms with Gasteiger partial charge in [0.25, 0.3) is 5.91 Å². The van der Waals surface area contributed by atoms with Crippen LogP contribution in [0.25, 0.3) is 0 Å². The summed E-state index contributed by atoms with van der Waals surface area (Å²) in [5, 5.41) is 14.1. The fourth-order valence-corrected chi connectivity index (χ4v) is 2.55. The number of aliphatic imine (C=N–C) groups is 1. The third-order valence-corrected chi connectivity index (χ3v) is 4.41. The summed E-state index contributed by atoms with van der Waals surface area (Å²) >= 11 is 0. The predicted octanol–water partition coefficient (Wildman–Crippen LogP) is -3.21. The van der Waals surface area contributed by atoms with Gasteiger partial charge in [-0.1, -0.05) is 13.8 Å². The monoisotopic (exact) mass is 355 g/mol. The normalized spacial score (nSPS) is 23.4. The van der Waals surface area contributed by atoms with Gasteiger partial charge in [-0.05, 0) is 18.9 Å². The maximum atomic E-state index is 12.2. The van der Waals surface area contributed by atoms with Crippen LogP contribution in [-0.4, -0.2) is 41.4 Å². The van der Waals surface area contributed by atoms with Crippen LogP contribution in [0.3, 0.4) is 0 Å². The minimum absolute atomic E-state index is 0. The molecule has 1 atom stereocenters. The Morgan fingerprint density at radius 1 is 1.40 bits per heavy atom. The Morgan fingerprint density at radius 3 is 2.56 bits per heavy atom. The molecule has 1 amide bonds. The van der Waals surface area contributed by atoms with E-state index >= 15 is 0 Å². The SMILES string of the molecule is CC(C)C1(C)N=C(c2ncc(C3OCCO3)cc2C(=O)[O-])NC1=O.[Na+]. The third-order valence-electron chi connectivity index (χ3n) is 4.41. The topological polar surface area (TPSA) is 113 Å². The molecule has 1 unspecified atom stereocenters. The van der Waals surface area contributed by atoms with Crippen LogP contribution in [0, 0.1) is 5.92 Å². The van der Waals surface area contributed by atoms with Crippen LogP contribution >= 0.6 is 0 Å². The second kappa shape index (κ2) is 7.51. The van der Waals surface area contributed by atoms with E-state index in [0.717, 1.165) is 0 Å². The van der Waals surface area contributed by atoms with Crippen molar-refractivity contribution in [1.29, 1.82) is 0 Å². The Balaban J connectivity index is 0.00000225. The number of rotatable bonds is 4. The van der Waals surface area contributed by atoms with E-state index in [1.54, 1.807) is 6.92 Å². The number of carboxylic acid groups (broad SMARTS) is 1. The number of nitrogens with one attached hydrogen (secondary N) is 1. The fraction of sp³-hybridized carbons (Fsp3) is 0.500. The molecule has 1 N–H and O–H groups in total. The predicted molar refractivity (Wildman–Crippen MR) is 81.1 cm³/mol. The molecule has 25 heavy (non-hydrogen) atoms. The van der Waals surface area contributed by atoms with Crippen LogP contribution in [0.5, 0.6) is 0 Å². The Bertz CT molecular complexity index is 730. The first kappa shape index (κ1) is 20.0. The Labute approximate surface area is 167 Å². The Kier molecular flexibility index (Phi) is 6.01. The molecule has 1 aromatic heterocycles. The van der Waals surface area contributed by atoms with Crippen LogP contribution in [0.2, 0.25) is 0 Å². The summed E-state index contributed by atoms with van der Waals surface area (Å²) in [6.07, 6.45) is 0.808. The zero-order chi connectivity index (χ0) is 17.5. The standard InChI is InChI=1S/C16H19N3O5.Na/c1-8(2)16(3)15(22)18-12(19-16)11-10(13(20)21)6-9(7-17-11)14-23-4-5-24-14;/h6-8,14H,4-5H2,1-3H3,(H,20,21)(H,18,19,22);/q;+1/p-1. The van der Waals surface area contributed by atoms with Crippen LogP contribution in [0.4, 0.5) is 0 Å². The maximum Gasteiger partial charge on any atom is 1.00 e. The zero-order valence-electron chi connectivity index (χ0n) is 14.7. The number of hydrogen-bond acceptors (Lipinski definition) is 7. The molecule has 0 spiro atoms. The molecule has 9 heteroatoms. The first-order valence-electron chi connectivity index (χ1n) is 7.69. The van der Waals surface area contributed by atoms with Gasteiger partial charge in [-0.3, -0.25) is 9.78 Å². The molecular weight excluding hydrogens is 337 g/mol. The summed E-state index contributed by atoms with van der Waals surface area (Å²) in [5.74, 6) is -1.62. The molecule has 0 aliphatic carbocycles. The van der Waals surface area contributed by atoms with Gasteiger partial charge in [-0.2, -0.15) is 0 Å². The molecule has 1 aromatic rings. The van der Waals surface area contributed by atoms with Gasteiger partial charge >= 0.3 is 29.6 Å². The molecule has 2 aliphatic rings. The van der Waals surface area contributed by atoms with E-state index in [0.29, 0.717) is 18.8 Å². The Hall–Kier alpha value is -1.32. The molecule has 1 fully saturated rings. The van der Waals surface area contributed by atoms with E-state index < -0.39 is 17.8 Å². The number of hydrogen-bond donors (Lipinski definition) is 1. The number of amides is 1. The largest absolute Gasteiger partial charge is 1.00 e. The van der Waals surface area contributed by atoms with E-state index in [2.05, 4.69) is 15.3 Å². The zero-order valence-corrected chi connectivity index (χ0v) is 16.7. The summed E-state index contributed by atoms with van der Waals surface area (Å²) in [7, 11) is 0. The van der Waals surface area contributed by atoms with Crippen LogP contribution < -0.4 is 40.0 Å². The molecule has 0 aromatic carbocycles. The summed E-state index contributed by atoms with van der Waals surface area (Å²) in [4.78, 5) is 32.3. The molecule has 3 heterocycles. The first-order valence-corrected chi connectivity index (χ1v) is 7.69. The molecule has 8 nitrogen and oxygen atoms in total. The molecule has 128 valence electrons. The van der Waals surface area contributed by atoms with Crippen molar-refractivity contribution in [2.75, 3.05) is 13.2 Å². The minimum atomic E-state index is -1.41. The molecule has 3 rings (SSSR count). The number of carboxylic acids is 1. The quantitative estimate of drug-likeness (QED) is 0.569. The summed E-state index contributed by atoms with van der Waals surface area (Å²) in [6.45, 7) is 6.31. The van der Waals surface area contributed by atoms with Crippen molar-refractivity contribution in [3.8, 4) is 0 Å². The van der Waals surface area contributed by atoms with Gasteiger partial charge in [0.05, 0.1) is 19.2 Å². The van der Waals surface area contributed by atoms with E-state index in [1.807, 2.05) is 13.8 Å². The van der Waals surface area contributed by atoms with Crippen LogP contribution in [-0.2, 0) is 14.3 Å². The maximum absolute atomic E-state index is 12.2. The summed E-state index contributed by atoms with van der Waals surface area (Å²) in [5.41, 5.74) is -0.587. The van der Waals surface area contributed by atoms with Crippen molar-refractivity contribution in [3.05, 3.63) is 29.1 Å². The number of carbonyl (C=O) groups excluding carboxylic acids is 2. The number of amidine groups is 1. The Morgan fingerprint density at radius 2 is 2.04 bits per heavy atom. The molecule has 0 radical (unpaired) electrons. The van der Waals surface area contributed by atoms with Crippen molar-refractivity contribution in [2.45, 2.75) is 32.6 Å². The van der Waals surface area contributed by atoms with Gasteiger partial charge < -0.3 is 24.7 Å². The third kappa shape index (κ3) is 3.63. The van der Waals surface area contributed by atoms with Crippen molar-refractivity contribution in [1.82, 2.24) is 10.3 Å². The molecule has 2 aliphatic heterocycles. The van der Waals surface area contributed by atoms with Gasteiger partial charge in [-0.15, -0.1) is 0 Å². The summed E-state index contributed by atoms with van der Waals surface area (Å²) < 4.78 is 10.7. The number of carbonyl (C=O) groups is 2. The molecule has 0 bridgehead atoms. The number of pyridine rings is 1. The number of ether oxygens (including phenoxy) is 2. The number of nitrogens with zero attached hydrogens (tertiary/aromatic N) is 2. The van der Waals surface area contributed by atoms with E-state index in [-0.39, 0.29) is 58.5 Å². The summed E-state index contributed by atoms with van der Waals surface area (Å²) in [6, 6.07) is 1.38. The molecule has 0 saturated carbocycles. The second-order valence-corrected chi connectivity index (χ2v) is 6.24. The van der Waals surface area contributed by atoms with Crippen molar-refractivity contribution >= 4 is 17.7 Å². The van der Waals surface area contributed by atoms with Crippen LogP contribution in [0.1, 0.15) is 48.7 Å². The van der Waals surface area contributed by atoms with Crippen molar-refractivity contribution in [2.24, 2.45) is 10.9 Å². The fourth-order valence-electron chi connectivity index (χ4n) is 2.55. The number of aromatic nitrogens is 1. The average molecular weight is 355 g/mol. The minimum Gasteiger partial charge on any atom is -0.545 e. The van der Waals surface area contributed by atoms with Gasteiger partial charge in [0.1, 0.15) is 11.2 Å². The van der Waals surface area contributed by atoms with Crippen molar-refractivity contribution in [3.63, 3.8) is 0 Å². The van der Waals surface area contributed by atoms with E-state index in [1.165, 1.54) is 12.3 Å². The van der Waals surface area contributed by atoms with Gasteiger partial charge in [0.2, 0.25) is 0 Å². The molecular formula is C16H18N3NaO5. The van der Waals surface area contributed by atoms with E-state index in [4.69, 9.17) is 9.47 Å². The second-order valence-electron chi connectivity index (χ2n) is 6.24. The van der Waals surface area contributed by atoms with E-state index in [9.17, 15) is 14.7 Å². The average Bonchev–Trinajstić information content (AvgIpc) is 3.16. The van der Waals surface area contributed by atoms with Gasteiger partial charge in [0.15, 0.2) is 12.1 Å². The van der Waals surface area contributed by atoms with Gasteiger partial charge in [-0.25, -0.2) is 4.99 Å². The van der Waals surface area contributed by atoms with Crippen LogP contribution in [0.15, 0.2) is 17.3 Å². The van der Waals surface area contributed by atoms with Gasteiger partial charge in [0, 0.05) is 17.3 Å². The molecule has 1 saturated heterocycles. The first-order chi connectivity index (χ1) is 11.3. The number of aromatic carboxylic acids is 1. The van der Waals surface area contributed by atoms with Crippen molar-refractivity contribution < 1.29 is 53.7 Å².